The Balaban J connectivity index is 1.78. The van der Waals surface area contributed by atoms with Crippen LogP contribution >= 0.6 is 0 Å². The van der Waals surface area contributed by atoms with Gasteiger partial charge in [0, 0.05) is 37.6 Å². The van der Waals surface area contributed by atoms with E-state index in [0.29, 0.717) is 19.6 Å². The number of H-pyrrole nitrogens is 1. The first-order valence-corrected chi connectivity index (χ1v) is 9.72. The molecule has 0 fully saturated rings. The van der Waals surface area contributed by atoms with Crippen LogP contribution in [0.3, 0.4) is 0 Å². The molecular formula is C21H26N6O2. The summed E-state index contributed by atoms with van der Waals surface area (Å²) in [6.45, 7) is 1.66. The maximum atomic E-state index is 12.6. The minimum absolute atomic E-state index is 0.110. The van der Waals surface area contributed by atoms with Gasteiger partial charge in [0.25, 0.3) is 0 Å². The first-order valence-electron chi connectivity index (χ1n) is 9.72. The van der Waals surface area contributed by atoms with Gasteiger partial charge in [-0.2, -0.15) is 0 Å². The standard InChI is InChI=1S/C21H26N6O2/c1-26-11-15-9-16(6-7-17(15)29-3)25-21-19-14(10-22-20(19)23-13-24-21)5-4-8-27(2)18(28)12-26/h6-7,9-10,13H,4-5,8,11-12H2,1-3H3,(H2,22,23,24,25). The second-order valence-electron chi connectivity index (χ2n) is 7.50. The van der Waals surface area contributed by atoms with Gasteiger partial charge in [0.05, 0.1) is 19.0 Å². The molecule has 0 atom stereocenters. The number of nitrogens with one attached hydrogen (secondary N) is 2. The summed E-state index contributed by atoms with van der Waals surface area (Å²) in [5.41, 5.74) is 3.87. The molecule has 4 rings (SSSR count). The van der Waals surface area contributed by atoms with Gasteiger partial charge < -0.3 is 19.9 Å². The summed E-state index contributed by atoms with van der Waals surface area (Å²) in [5.74, 6) is 1.68. The highest BCUT2D eigenvalue weighted by molar-refractivity contribution is 5.92. The second kappa shape index (κ2) is 8.08. The molecule has 1 amide bonds. The number of rotatable bonds is 1. The Morgan fingerprint density at radius 3 is 2.83 bits per heavy atom. The van der Waals surface area contributed by atoms with Crippen molar-refractivity contribution in [1.29, 1.82) is 0 Å². The van der Waals surface area contributed by atoms with Gasteiger partial charge in [0.1, 0.15) is 23.5 Å². The third kappa shape index (κ3) is 4.02. The lowest BCUT2D eigenvalue weighted by molar-refractivity contribution is -0.131. The summed E-state index contributed by atoms with van der Waals surface area (Å²) in [6, 6.07) is 5.96. The van der Waals surface area contributed by atoms with E-state index in [-0.39, 0.29) is 5.91 Å². The van der Waals surface area contributed by atoms with Crippen LogP contribution in [0.4, 0.5) is 11.5 Å². The molecule has 0 unspecified atom stereocenters. The van der Waals surface area contributed by atoms with Crippen LogP contribution in [0.5, 0.6) is 5.75 Å². The highest BCUT2D eigenvalue weighted by Gasteiger charge is 2.17. The normalized spacial score (nSPS) is 16.2. The maximum Gasteiger partial charge on any atom is 0.236 e. The minimum Gasteiger partial charge on any atom is -0.496 e. The van der Waals surface area contributed by atoms with Crippen LogP contribution in [0.15, 0.2) is 30.7 Å². The molecule has 1 aliphatic heterocycles. The molecule has 29 heavy (non-hydrogen) atoms. The Labute approximate surface area is 169 Å². The number of carbonyl (C=O) groups is 1. The maximum absolute atomic E-state index is 12.6. The van der Waals surface area contributed by atoms with Crippen molar-refractivity contribution < 1.29 is 9.53 Å². The molecule has 0 spiro atoms. The molecule has 152 valence electrons. The smallest absolute Gasteiger partial charge is 0.236 e. The van der Waals surface area contributed by atoms with Crippen molar-refractivity contribution >= 4 is 28.4 Å². The Kier molecular flexibility index (Phi) is 5.35. The summed E-state index contributed by atoms with van der Waals surface area (Å²) in [5, 5.41) is 4.43. The number of amides is 1. The van der Waals surface area contributed by atoms with Crippen molar-refractivity contribution in [2.75, 3.05) is 39.6 Å². The summed E-state index contributed by atoms with van der Waals surface area (Å²) in [6.07, 6.45) is 5.25. The summed E-state index contributed by atoms with van der Waals surface area (Å²) < 4.78 is 5.53. The van der Waals surface area contributed by atoms with Crippen LogP contribution in [0, 0.1) is 0 Å². The third-order valence-electron chi connectivity index (χ3n) is 5.31. The van der Waals surface area contributed by atoms with E-state index in [1.807, 2.05) is 43.4 Å². The molecule has 0 saturated carbocycles. The molecule has 1 aliphatic rings. The SMILES string of the molecule is COc1ccc2cc1CN(C)CC(=O)N(C)CCCc1c[nH]c3ncnc(c13)N2. The molecule has 8 nitrogen and oxygen atoms in total. The Morgan fingerprint density at radius 1 is 1.14 bits per heavy atom. The van der Waals surface area contributed by atoms with E-state index >= 15 is 0 Å². The average molecular weight is 394 g/mol. The number of aryl methyl sites for hydroxylation is 1. The van der Waals surface area contributed by atoms with E-state index in [1.165, 1.54) is 0 Å². The quantitative estimate of drug-likeness (QED) is 0.660. The van der Waals surface area contributed by atoms with Gasteiger partial charge in [0.15, 0.2) is 0 Å². The number of fused-ring (bicyclic) bond motifs is 2. The number of methoxy groups -OCH3 is 1. The van der Waals surface area contributed by atoms with Crippen molar-refractivity contribution in [3.05, 3.63) is 41.9 Å². The number of aromatic amines is 1. The third-order valence-corrected chi connectivity index (χ3v) is 5.31. The number of benzene rings is 1. The Hall–Kier alpha value is -3.13. The van der Waals surface area contributed by atoms with Gasteiger partial charge in [-0.05, 0) is 43.7 Å². The zero-order valence-electron chi connectivity index (χ0n) is 17.0. The molecule has 2 aromatic heterocycles. The summed E-state index contributed by atoms with van der Waals surface area (Å²) in [7, 11) is 5.47. The highest BCUT2D eigenvalue weighted by atomic mass is 16.5. The molecule has 3 aromatic rings. The molecule has 0 aliphatic carbocycles. The second-order valence-corrected chi connectivity index (χ2v) is 7.50. The molecule has 2 bridgehead atoms. The largest absolute Gasteiger partial charge is 0.496 e. The fourth-order valence-electron chi connectivity index (χ4n) is 3.77. The number of ether oxygens (including phenoxy) is 1. The first kappa shape index (κ1) is 19.2. The fourth-order valence-corrected chi connectivity index (χ4v) is 3.77. The van der Waals surface area contributed by atoms with Crippen LogP contribution in [0.1, 0.15) is 17.5 Å². The molecule has 8 heteroatoms. The summed E-state index contributed by atoms with van der Waals surface area (Å²) in [4.78, 5) is 28.5. The van der Waals surface area contributed by atoms with E-state index in [0.717, 1.165) is 52.3 Å². The van der Waals surface area contributed by atoms with Crippen molar-refractivity contribution in [1.82, 2.24) is 24.8 Å². The Bertz CT molecular complexity index is 1030. The monoisotopic (exact) mass is 394 g/mol. The van der Waals surface area contributed by atoms with Crippen molar-refractivity contribution in [3.8, 4) is 5.75 Å². The number of aromatic nitrogens is 3. The molecular weight excluding hydrogens is 368 g/mol. The average Bonchev–Trinajstić information content (AvgIpc) is 3.11. The van der Waals surface area contributed by atoms with E-state index in [4.69, 9.17) is 4.74 Å². The van der Waals surface area contributed by atoms with E-state index in [1.54, 1.807) is 18.3 Å². The lowest BCUT2D eigenvalue weighted by Gasteiger charge is -2.22. The Morgan fingerprint density at radius 2 is 2.00 bits per heavy atom. The van der Waals surface area contributed by atoms with Crippen molar-refractivity contribution in [2.45, 2.75) is 19.4 Å². The van der Waals surface area contributed by atoms with Crippen LogP contribution < -0.4 is 10.1 Å². The van der Waals surface area contributed by atoms with Crippen LogP contribution in [0.25, 0.3) is 11.0 Å². The zero-order chi connectivity index (χ0) is 20.4. The van der Waals surface area contributed by atoms with Crippen LogP contribution in [-0.4, -0.2) is 65.0 Å². The number of nitrogens with zero attached hydrogens (tertiary/aromatic N) is 4. The van der Waals surface area contributed by atoms with Gasteiger partial charge in [-0.25, -0.2) is 9.97 Å². The van der Waals surface area contributed by atoms with Crippen LogP contribution in [0.2, 0.25) is 0 Å². The zero-order valence-corrected chi connectivity index (χ0v) is 17.0. The number of hydrogen-bond donors (Lipinski definition) is 2. The predicted octanol–water partition coefficient (Wildman–Crippen LogP) is 2.55. The molecule has 3 heterocycles. The van der Waals surface area contributed by atoms with Crippen LogP contribution in [-0.2, 0) is 17.8 Å². The van der Waals surface area contributed by atoms with E-state index in [2.05, 4.69) is 20.3 Å². The van der Waals surface area contributed by atoms with Gasteiger partial charge in [-0.3, -0.25) is 9.69 Å². The number of anilines is 2. The van der Waals surface area contributed by atoms with Gasteiger partial charge in [-0.1, -0.05) is 0 Å². The molecule has 0 radical (unpaired) electrons. The lowest BCUT2D eigenvalue weighted by Crippen LogP contribution is -2.37. The topological polar surface area (TPSA) is 86.4 Å². The van der Waals surface area contributed by atoms with Gasteiger partial charge in [-0.15, -0.1) is 0 Å². The number of carbonyl (C=O) groups excluding carboxylic acids is 1. The molecule has 1 aromatic carbocycles. The van der Waals surface area contributed by atoms with E-state index in [9.17, 15) is 4.79 Å². The number of hydrogen-bond acceptors (Lipinski definition) is 6. The first-order chi connectivity index (χ1) is 14.0. The lowest BCUT2D eigenvalue weighted by atomic mass is 10.1. The molecule has 0 saturated heterocycles. The van der Waals surface area contributed by atoms with Crippen molar-refractivity contribution in [3.63, 3.8) is 0 Å². The number of likely N-dealkylation sites (N-methyl/N-ethyl adjacent to an activating group) is 2. The van der Waals surface area contributed by atoms with E-state index < -0.39 is 0 Å². The van der Waals surface area contributed by atoms with Crippen molar-refractivity contribution in [2.24, 2.45) is 0 Å². The highest BCUT2D eigenvalue weighted by Crippen LogP contribution is 2.30. The fraction of sp³-hybridized carbons (Fsp3) is 0.381. The predicted molar refractivity (Wildman–Crippen MR) is 112 cm³/mol. The minimum atomic E-state index is 0.110. The van der Waals surface area contributed by atoms with Gasteiger partial charge in [0.2, 0.25) is 5.91 Å². The molecule has 2 N–H and O–H groups in total. The summed E-state index contributed by atoms with van der Waals surface area (Å²) >= 11 is 0. The van der Waals surface area contributed by atoms with Gasteiger partial charge >= 0.3 is 0 Å².